The third-order valence-electron chi connectivity index (χ3n) is 3.88. The summed E-state index contributed by atoms with van der Waals surface area (Å²) in [5, 5.41) is 3.73. The van der Waals surface area contributed by atoms with Crippen LogP contribution in [0.25, 0.3) is 0 Å². The molecule has 1 N–H and O–H groups in total. The van der Waals surface area contributed by atoms with Gasteiger partial charge in [0.1, 0.15) is 0 Å². The molecule has 0 spiro atoms. The molecule has 0 aromatic carbocycles. The number of nitrogens with one attached hydrogen (secondary N) is 1. The highest BCUT2D eigenvalue weighted by atomic mass is 16.5. The fourth-order valence-electron chi connectivity index (χ4n) is 2.81. The van der Waals surface area contributed by atoms with Gasteiger partial charge in [-0.2, -0.15) is 0 Å². The van der Waals surface area contributed by atoms with Crippen LogP contribution in [0.1, 0.15) is 51.9 Å². The maximum Gasteiger partial charge on any atom is 0.0700 e. The van der Waals surface area contributed by atoms with Gasteiger partial charge in [0, 0.05) is 19.8 Å². The van der Waals surface area contributed by atoms with E-state index in [1.807, 2.05) is 0 Å². The molecule has 3 nitrogen and oxygen atoms in total. The molecule has 1 saturated carbocycles. The van der Waals surface area contributed by atoms with Gasteiger partial charge in [-0.15, -0.1) is 0 Å². The zero-order chi connectivity index (χ0) is 13.1. The van der Waals surface area contributed by atoms with E-state index < -0.39 is 0 Å². The first kappa shape index (κ1) is 15.9. The minimum Gasteiger partial charge on any atom is -0.382 e. The van der Waals surface area contributed by atoms with E-state index in [1.165, 1.54) is 44.9 Å². The molecule has 1 fully saturated rings. The molecule has 0 bridgehead atoms. The molecule has 0 aromatic heterocycles. The molecular weight excluding hydrogens is 226 g/mol. The number of hydrogen-bond donors (Lipinski definition) is 1. The van der Waals surface area contributed by atoms with Gasteiger partial charge in [-0.25, -0.2) is 0 Å². The molecule has 0 amide bonds. The van der Waals surface area contributed by atoms with Crippen LogP contribution >= 0.6 is 0 Å². The molecule has 0 radical (unpaired) electrons. The molecule has 0 heterocycles. The summed E-state index contributed by atoms with van der Waals surface area (Å²) in [5.41, 5.74) is 0. The van der Waals surface area contributed by atoms with E-state index in [9.17, 15) is 0 Å². The van der Waals surface area contributed by atoms with E-state index >= 15 is 0 Å². The van der Waals surface area contributed by atoms with Crippen LogP contribution in [-0.2, 0) is 9.47 Å². The Bertz CT molecular complexity index is 187. The molecule has 1 aliphatic carbocycles. The van der Waals surface area contributed by atoms with Crippen molar-refractivity contribution in [3.05, 3.63) is 0 Å². The Labute approximate surface area is 113 Å². The minimum atomic E-state index is 0.710. The second-order valence-electron chi connectivity index (χ2n) is 5.35. The summed E-state index contributed by atoms with van der Waals surface area (Å²) in [6.07, 6.45) is 9.34. The van der Waals surface area contributed by atoms with Crippen LogP contribution in [0.3, 0.4) is 0 Å². The summed E-state index contributed by atoms with van der Waals surface area (Å²) in [6, 6.07) is 0.721. The minimum absolute atomic E-state index is 0.710. The lowest BCUT2D eigenvalue weighted by Crippen LogP contribution is -2.36. The van der Waals surface area contributed by atoms with E-state index in [0.717, 1.165) is 31.7 Å². The van der Waals surface area contributed by atoms with Crippen molar-refractivity contribution < 1.29 is 9.47 Å². The topological polar surface area (TPSA) is 30.5 Å². The molecule has 0 aromatic rings. The highest BCUT2D eigenvalue weighted by Gasteiger charge is 2.22. The lowest BCUT2D eigenvalue weighted by molar-refractivity contribution is 0.0604. The van der Waals surface area contributed by atoms with E-state index in [-0.39, 0.29) is 0 Å². The quantitative estimate of drug-likeness (QED) is 0.509. The van der Waals surface area contributed by atoms with Gasteiger partial charge in [-0.05, 0) is 38.1 Å². The summed E-state index contributed by atoms with van der Waals surface area (Å²) in [6.45, 7) is 5.73. The lowest BCUT2D eigenvalue weighted by Gasteiger charge is -2.26. The molecule has 108 valence electrons. The Hall–Kier alpha value is -0.120. The molecule has 3 heteroatoms. The lowest BCUT2D eigenvalue weighted by atomic mass is 9.91. The first-order valence-electron chi connectivity index (χ1n) is 7.68. The normalized spacial score (nSPS) is 25.0. The van der Waals surface area contributed by atoms with Crippen LogP contribution in [-0.4, -0.2) is 39.5 Å². The van der Waals surface area contributed by atoms with Crippen LogP contribution in [0.4, 0.5) is 0 Å². The number of rotatable bonds is 9. The van der Waals surface area contributed by atoms with Gasteiger partial charge in [0.2, 0.25) is 0 Å². The van der Waals surface area contributed by atoms with Crippen molar-refractivity contribution in [2.24, 2.45) is 5.92 Å². The van der Waals surface area contributed by atoms with Crippen molar-refractivity contribution >= 4 is 0 Å². The Morgan fingerprint density at radius 3 is 2.67 bits per heavy atom. The zero-order valence-corrected chi connectivity index (χ0v) is 12.2. The van der Waals surface area contributed by atoms with E-state index in [2.05, 4.69) is 12.2 Å². The average molecular weight is 257 g/mol. The molecule has 0 saturated heterocycles. The fraction of sp³-hybridized carbons (Fsp3) is 1.00. The van der Waals surface area contributed by atoms with Crippen molar-refractivity contribution in [1.29, 1.82) is 0 Å². The fourth-order valence-corrected chi connectivity index (χ4v) is 2.81. The Morgan fingerprint density at radius 2 is 1.89 bits per heavy atom. The SMILES string of the molecule is CCCNC1CCCCCC1CCOCCOC. The molecule has 2 unspecified atom stereocenters. The molecule has 0 aliphatic heterocycles. The Kier molecular flexibility index (Phi) is 9.54. The first-order chi connectivity index (χ1) is 8.88. The Balaban J connectivity index is 2.23. The van der Waals surface area contributed by atoms with Gasteiger partial charge in [-0.3, -0.25) is 0 Å². The van der Waals surface area contributed by atoms with Gasteiger partial charge >= 0.3 is 0 Å². The van der Waals surface area contributed by atoms with Crippen molar-refractivity contribution in [3.63, 3.8) is 0 Å². The summed E-state index contributed by atoms with van der Waals surface area (Å²) in [5.74, 6) is 0.807. The predicted octanol–water partition coefficient (Wildman–Crippen LogP) is 2.99. The van der Waals surface area contributed by atoms with Gasteiger partial charge < -0.3 is 14.8 Å². The van der Waals surface area contributed by atoms with Crippen molar-refractivity contribution in [1.82, 2.24) is 5.32 Å². The van der Waals surface area contributed by atoms with Crippen LogP contribution in [0.5, 0.6) is 0 Å². The summed E-state index contributed by atoms with van der Waals surface area (Å²) in [4.78, 5) is 0. The van der Waals surface area contributed by atoms with E-state index in [4.69, 9.17) is 9.47 Å². The summed E-state index contributed by atoms with van der Waals surface area (Å²) < 4.78 is 10.6. The Morgan fingerprint density at radius 1 is 1.06 bits per heavy atom. The van der Waals surface area contributed by atoms with E-state index in [1.54, 1.807) is 7.11 Å². The molecule has 2 atom stereocenters. The number of ether oxygens (including phenoxy) is 2. The summed E-state index contributed by atoms with van der Waals surface area (Å²) >= 11 is 0. The molecule has 18 heavy (non-hydrogen) atoms. The van der Waals surface area contributed by atoms with Gasteiger partial charge in [0.15, 0.2) is 0 Å². The molecular formula is C15H31NO2. The van der Waals surface area contributed by atoms with Crippen LogP contribution in [0.15, 0.2) is 0 Å². The van der Waals surface area contributed by atoms with Gasteiger partial charge in [0.05, 0.1) is 13.2 Å². The molecule has 1 rings (SSSR count). The highest BCUT2D eigenvalue weighted by molar-refractivity contribution is 4.79. The van der Waals surface area contributed by atoms with Gasteiger partial charge in [0.25, 0.3) is 0 Å². The number of hydrogen-bond acceptors (Lipinski definition) is 3. The number of methoxy groups -OCH3 is 1. The predicted molar refractivity (Wildman–Crippen MR) is 76.0 cm³/mol. The largest absolute Gasteiger partial charge is 0.382 e. The third kappa shape index (κ3) is 6.72. The van der Waals surface area contributed by atoms with E-state index in [0.29, 0.717) is 6.61 Å². The monoisotopic (exact) mass is 257 g/mol. The standard InChI is InChI=1S/C15H31NO2/c1-3-10-16-15-8-6-4-5-7-14(15)9-11-18-13-12-17-2/h14-16H,3-13H2,1-2H3. The highest BCUT2D eigenvalue weighted by Crippen LogP contribution is 2.26. The second kappa shape index (κ2) is 10.8. The first-order valence-corrected chi connectivity index (χ1v) is 7.68. The maximum absolute atomic E-state index is 5.62. The van der Waals surface area contributed by atoms with Gasteiger partial charge in [-0.1, -0.05) is 26.2 Å². The van der Waals surface area contributed by atoms with Crippen LogP contribution in [0, 0.1) is 5.92 Å². The van der Waals surface area contributed by atoms with Crippen molar-refractivity contribution in [3.8, 4) is 0 Å². The third-order valence-corrected chi connectivity index (χ3v) is 3.88. The summed E-state index contributed by atoms with van der Waals surface area (Å²) in [7, 11) is 1.72. The smallest absolute Gasteiger partial charge is 0.0700 e. The van der Waals surface area contributed by atoms with Crippen molar-refractivity contribution in [2.45, 2.75) is 57.9 Å². The maximum atomic E-state index is 5.62. The zero-order valence-electron chi connectivity index (χ0n) is 12.2. The van der Waals surface area contributed by atoms with Crippen LogP contribution < -0.4 is 5.32 Å². The van der Waals surface area contributed by atoms with Crippen molar-refractivity contribution in [2.75, 3.05) is 33.5 Å². The average Bonchev–Trinajstić information content (AvgIpc) is 2.61. The molecule has 1 aliphatic rings. The van der Waals surface area contributed by atoms with Crippen LogP contribution in [0.2, 0.25) is 0 Å². The second-order valence-corrected chi connectivity index (χ2v) is 5.35.